The van der Waals surface area contributed by atoms with Crippen molar-refractivity contribution in [1.29, 1.82) is 0 Å². The van der Waals surface area contributed by atoms with Crippen LogP contribution in [0.1, 0.15) is 54.7 Å². The van der Waals surface area contributed by atoms with Gasteiger partial charge in [-0.3, -0.25) is 4.79 Å². The molecule has 1 N–H and O–H groups in total. The van der Waals surface area contributed by atoms with Gasteiger partial charge in [0.1, 0.15) is 18.1 Å². The molecule has 1 fully saturated rings. The molecule has 0 radical (unpaired) electrons. The molecular weight excluding hydrogens is 424 g/mol. The molecule has 1 aliphatic carbocycles. The maximum absolute atomic E-state index is 11.3. The minimum Gasteiger partial charge on any atom is -0.497 e. The number of hydrogen-bond donors (Lipinski definition) is 1. The van der Waals surface area contributed by atoms with Crippen LogP contribution in [0, 0.1) is 0 Å². The quantitative estimate of drug-likeness (QED) is 0.351. The third-order valence-electron chi connectivity index (χ3n) is 5.91. The molecular formula is C26H34O5S. The Morgan fingerprint density at radius 3 is 2.56 bits per heavy atom. The number of aliphatic hydroxyl groups is 1. The Labute approximate surface area is 195 Å². The molecule has 1 unspecified atom stereocenters. The van der Waals surface area contributed by atoms with E-state index in [2.05, 4.69) is 22.9 Å². The molecule has 0 aromatic heterocycles. The van der Waals surface area contributed by atoms with Crippen LogP contribution < -0.4 is 9.47 Å². The van der Waals surface area contributed by atoms with Crippen molar-refractivity contribution in [3.8, 4) is 11.5 Å². The zero-order valence-electron chi connectivity index (χ0n) is 19.0. The van der Waals surface area contributed by atoms with Gasteiger partial charge in [-0.15, -0.1) is 0 Å². The number of aliphatic hydroxyl groups excluding tert-OH is 1. The third kappa shape index (κ3) is 7.17. The van der Waals surface area contributed by atoms with Crippen LogP contribution in [-0.2, 0) is 22.6 Å². The van der Waals surface area contributed by atoms with Crippen molar-refractivity contribution < 1.29 is 24.1 Å². The number of rotatable bonds is 12. The van der Waals surface area contributed by atoms with Crippen LogP contribution in [-0.4, -0.2) is 42.9 Å². The molecule has 0 bridgehead atoms. The van der Waals surface area contributed by atoms with E-state index in [-0.39, 0.29) is 5.97 Å². The first kappa shape index (κ1) is 24.5. The van der Waals surface area contributed by atoms with Gasteiger partial charge in [0, 0.05) is 17.9 Å². The van der Waals surface area contributed by atoms with E-state index in [1.807, 2.05) is 24.3 Å². The normalized spacial score (nSPS) is 14.8. The molecule has 1 atom stereocenters. The number of benzene rings is 2. The summed E-state index contributed by atoms with van der Waals surface area (Å²) in [6.45, 7) is 0.477. The zero-order chi connectivity index (χ0) is 22.8. The van der Waals surface area contributed by atoms with Crippen molar-refractivity contribution in [2.24, 2.45) is 0 Å². The van der Waals surface area contributed by atoms with Gasteiger partial charge in [0.05, 0.1) is 26.7 Å². The Kier molecular flexibility index (Phi) is 9.75. The fraction of sp³-hybridized carbons (Fsp3) is 0.500. The summed E-state index contributed by atoms with van der Waals surface area (Å²) in [5.74, 6) is 3.27. The molecule has 0 aliphatic heterocycles. The fourth-order valence-corrected chi connectivity index (χ4v) is 5.03. The molecule has 6 heteroatoms. The summed E-state index contributed by atoms with van der Waals surface area (Å²) in [6.07, 6.45) is 5.28. The topological polar surface area (TPSA) is 65.0 Å². The molecule has 174 valence electrons. The number of carbonyl (C=O) groups is 1. The van der Waals surface area contributed by atoms with E-state index in [0.29, 0.717) is 36.9 Å². The van der Waals surface area contributed by atoms with Gasteiger partial charge in [-0.05, 0) is 47.6 Å². The summed E-state index contributed by atoms with van der Waals surface area (Å²) < 4.78 is 16.3. The number of carbonyl (C=O) groups excluding carboxylic acids is 1. The van der Waals surface area contributed by atoms with Crippen LogP contribution in [0.5, 0.6) is 11.5 Å². The molecule has 1 aliphatic rings. The average Bonchev–Trinajstić information content (AvgIpc) is 3.36. The van der Waals surface area contributed by atoms with Crippen molar-refractivity contribution in [2.75, 3.05) is 25.7 Å². The van der Waals surface area contributed by atoms with E-state index in [4.69, 9.17) is 9.47 Å². The smallest absolute Gasteiger partial charge is 0.306 e. The van der Waals surface area contributed by atoms with Crippen molar-refractivity contribution in [3.05, 3.63) is 59.2 Å². The first-order valence-electron chi connectivity index (χ1n) is 11.3. The second-order valence-corrected chi connectivity index (χ2v) is 9.36. The minimum absolute atomic E-state index is 0.217. The Morgan fingerprint density at radius 1 is 1.12 bits per heavy atom. The number of ether oxygens (including phenoxy) is 3. The molecule has 5 nitrogen and oxygen atoms in total. The largest absolute Gasteiger partial charge is 0.497 e. The Morgan fingerprint density at radius 2 is 1.88 bits per heavy atom. The highest BCUT2D eigenvalue weighted by Crippen LogP contribution is 2.41. The molecule has 0 spiro atoms. The van der Waals surface area contributed by atoms with E-state index in [1.54, 1.807) is 18.9 Å². The second-order valence-electron chi connectivity index (χ2n) is 8.21. The summed E-state index contributed by atoms with van der Waals surface area (Å²) in [7, 11) is 3.06. The van der Waals surface area contributed by atoms with Crippen LogP contribution in [0.3, 0.4) is 0 Å². The van der Waals surface area contributed by atoms with Crippen molar-refractivity contribution in [1.82, 2.24) is 0 Å². The van der Waals surface area contributed by atoms with Gasteiger partial charge >= 0.3 is 5.97 Å². The van der Waals surface area contributed by atoms with E-state index in [9.17, 15) is 9.90 Å². The molecule has 2 aromatic carbocycles. The first-order valence-corrected chi connectivity index (χ1v) is 12.5. The number of thioether (sulfide) groups is 1. The number of para-hydroxylation sites is 1. The van der Waals surface area contributed by atoms with E-state index >= 15 is 0 Å². The van der Waals surface area contributed by atoms with Gasteiger partial charge in [-0.1, -0.05) is 43.2 Å². The van der Waals surface area contributed by atoms with Crippen LogP contribution in [0.4, 0.5) is 0 Å². The molecule has 0 saturated heterocycles. The predicted molar refractivity (Wildman–Crippen MR) is 129 cm³/mol. The van der Waals surface area contributed by atoms with E-state index in [0.717, 1.165) is 22.6 Å². The Bertz CT molecular complexity index is 846. The summed E-state index contributed by atoms with van der Waals surface area (Å²) >= 11 is 1.57. The van der Waals surface area contributed by atoms with Gasteiger partial charge < -0.3 is 19.3 Å². The third-order valence-corrected chi connectivity index (χ3v) is 7.02. The van der Waals surface area contributed by atoms with Gasteiger partial charge in [-0.25, -0.2) is 0 Å². The highest BCUT2D eigenvalue weighted by atomic mass is 32.2. The monoisotopic (exact) mass is 458 g/mol. The van der Waals surface area contributed by atoms with E-state index < -0.39 is 6.10 Å². The van der Waals surface area contributed by atoms with Crippen LogP contribution in [0.25, 0.3) is 0 Å². The van der Waals surface area contributed by atoms with Crippen LogP contribution in [0.2, 0.25) is 0 Å². The van der Waals surface area contributed by atoms with Crippen LogP contribution in [0.15, 0.2) is 42.5 Å². The zero-order valence-corrected chi connectivity index (χ0v) is 19.9. The molecule has 2 aromatic rings. The van der Waals surface area contributed by atoms with Crippen molar-refractivity contribution >= 4 is 17.7 Å². The number of methoxy groups -OCH3 is 2. The highest BCUT2D eigenvalue weighted by Gasteiger charge is 2.23. The number of hydrogen-bond acceptors (Lipinski definition) is 6. The predicted octanol–water partition coefficient (Wildman–Crippen LogP) is 5.13. The van der Waals surface area contributed by atoms with Crippen molar-refractivity contribution in [3.63, 3.8) is 0 Å². The summed E-state index contributed by atoms with van der Waals surface area (Å²) in [6, 6.07) is 14.2. The lowest BCUT2D eigenvalue weighted by Crippen LogP contribution is -2.16. The van der Waals surface area contributed by atoms with Gasteiger partial charge in [0.25, 0.3) is 0 Å². The highest BCUT2D eigenvalue weighted by molar-refractivity contribution is 7.99. The van der Waals surface area contributed by atoms with Crippen LogP contribution >= 0.6 is 11.8 Å². The number of esters is 1. The molecule has 0 amide bonds. The fourth-order valence-electron chi connectivity index (χ4n) is 4.17. The molecule has 32 heavy (non-hydrogen) atoms. The van der Waals surface area contributed by atoms with Gasteiger partial charge in [-0.2, -0.15) is 11.8 Å². The Balaban J connectivity index is 1.68. The lowest BCUT2D eigenvalue weighted by atomic mass is 9.93. The van der Waals surface area contributed by atoms with E-state index in [1.165, 1.54) is 38.4 Å². The van der Waals surface area contributed by atoms with Gasteiger partial charge in [0.2, 0.25) is 0 Å². The summed E-state index contributed by atoms with van der Waals surface area (Å²) in [5.41, 5.74) is 3.39. The Hall–Kier alpha value is -2.18. The van der Waals surface area contributed by atoms with Gasteiger partial charge in [0.15, 0.2) is 0 Å². The van der Waals surface area contributed by atoms with Crippen molar-refractivity contribution in [2.45, 2.75) is 57.2 Å². The molecule has 3 rings (SSSR count). The maximum atomic E-state index is 11.3. The SMILES string of the molecule is COC(=O)CCSCC(O)Cc1cccc(C2CCCC2)c1OCc1ccc(OC)cc1. The summed E-state index contributed by atoms with van der Waals surface area (Å²) in [4.78, 5) is 11.3. The molecule has 0 heterocycles. The lowest BCUT2D eigenvalue weighted by Gasteiger charge is -2.21. The maximum Gasteiger partial charge on any atom is 0.306 e. The standard InChI is InChI=1S/C26H34O5S/c1-29-23-12-10-19(11-13-23)17-31-26-21(8-5-9-24(26)20-6-3-4-7-20)16-22(27)18-32-15-14-25(28)30-2/h5,8-13,20,22,27H,3-4,6-7,14-18H2,1-2H3. The lowest BCUT2D eigenvalue weighted by molar-refractivity contribution is -0.140. The summed E-state index contributed by atoms with van der Waals surface area (Å²) in [5, 5.41) is 10.6. The minimum atomic E-state index is -0.500. The average molecular weight is 459 g/mol. The molecule has 1 saturated carbocycles. The second kappa shape index (κ2) is 12.8. The first-order chi connectivity index (χ1) is 15.6.